The smallest absolute Gasteiger partial charge is 0.146 e. The van der Waals surface area contributed by atoms with Crippen LogP contribution in [0, 0.1) is 0 Å². The van der Waals surface area contributed by atoms with E-state index in [0.29, 0.717) is 6.61 Å². The van der Waals surface area contributed by atoms with Crippen LogP contribution in [0.4, 0.5) is 0 Å². The van der Waals surface area contributed by atoms with Crippen molar-refractivity contribution in [1.29, 1.82) is 0 Å². The lowest BCUT2D eigenvalue weighted by Gasteiger charge is -2.26. The fourth-order valence-electron chi connectivity index (χ4n) is 1.51. The molecule has 0 spiro atoms. The van der Waals surface area contributed by atoms with E-state index in [1.165, 1.54) is 5.56 Å². The van der Waals surface area contributed by atoms with Crippen molar-refractivity contribution in [3.63, 3.8) is 0 Å². The zero-order valence-corrected chi connectivity index (χ0v) is 10.6. The van der Waals surface area contributed by atoms with Gasteiger partial charge in [-0.05, 0) is 5.56 Å². The van der Waals surface area contributed by atoms with Crippen molar-refractivity contribution in [2.75, 3.05) is 6.61 Å². The van der Waals surface area contributed by atoms with E-state index in [4.69, 9.17) is 4.43 Å². The molecule has 1 aromatic rings. The highest BCUT2D eigenvalue weighted by Crippen LogP contribution is 2.26. The van der Waals surface area contributed by atoms with Crippen LogP contribution >= 0.6 is 0 Å². The Morgan fingerprint density at radius 1 is 1.21 bits per heavy atom. The van der Waals surface area contributed by atoms with E-state index in [9.17, 15) is 0 Å². The summed E-state index contributed by atoms with van der Waals surface area (Å²) in [6.45, 7) is 8.36. The minimum Gasteiger partial charge on any atom is -0.426 e. The Morgan fingerprint density at radius 3 is 2.21 bits per heavy atom. The molecule has 0 bridgehead atoms. The van der Waals surface area contributed by atoms with Crippen molar-refractivity contribution in [3.8, 4) is 0 Å². The SMILES string of the molecule is C=CC(C=C)(CO[SiH3])c1ccccc1. The Kier molecular flexibility index (Phi) is 3.86. The first-order valence-corrected chi connectivity index (χ1v) is 5.42. The fraction of sp³-hybridized carbons (Fsp3) is 0.167. The summed E-state index contributed by atoms with van der Waals surface area (Å²) < 4.78 is 5.34. The summed E-state index contributed by atoms with van der Waals surface area (Å²) in [4.78, 5) is 0. The van der Waals surface area contributed by atoms with Crippen molar-refractivity contribution in [2.24, 2.45) is 0 Å². The van der Waals surface area contributed by atoms with Crippen LogP contribution in [-0.4, -0.2) is 17.1 Å². The third-order valence-electron chi connectivity index (χ3n) is 2.42. The van der Waals surface area contributed by atoms with E-state index >= 15 is 0 Å². The van der Waals surface area contributed by atoms with Gasteiger partial charge >= 0.3 is 0 Å². The van der Waals surface area contributed by atoms with Gasteiger partial charge in [-0.3, -0.25) is 0 Å². The van der Waals surface area contributed by atoms with Crippen LogP contribution in [0.25, 0.3) is 0 Å². The molecule has 2 heteroatoms. The van der Waals surface area contributed by atoms with Gasteiger partial charge in [0.2, 0.25) is 0 Å². The van der Waals surface area contributed by atoms with Crippen molar-refractivity contribution < 1.29 is 4.43 Å². The average molecular weight is 204 g/mol. The van der Waals surface area contributed by atoms with Gasteiger partial charge < -0.3 is 4.43 Å². The van der Waals surface area contributed by atoms with E-state index in [-0.39, 0.29) is 5.41 Å². The maximum atomic E-state index is 5.34. The molecule has 0 amide bonds. The largest absolute Gasteiger partial charge is 0.426 e. The van der Waals surface area contributed by atoms with Crippen LogP contribution < -0.4 is 0 Å². The Morgan fingerprint density at radius 2 is 1.79 bits per heavy atom. The summed E-state index contributed by atoms with van der Waals surface area (Å²) in [6, 6.07) is 10.2. The van der Waals surface area contributed by atoms with E-state index in [1.807, 2.05) is 30.4 Å². The number of rotatable bonds is 5. The van der Waals surface area contributed by atoms with Gasteiger partial charge in [0.15, 0.2) is 0 Å². The molecule has 0 aliphatic carbocycles. The summed E-state index contributed by atoms with van der Waals surface area (Å²) in [5.74, 6) is 0. The fourth-order valence-corrected chi connectivity index (χ4v) is 1.99. The molecule has 0 radical (unpaired) electrons. The van der Waals surface area contributed by atoms with Crippen molar-refractivity contribution in [2.45, 2.75) is 5.41 Å². The van der Waals surface area contributed by atoms with Crippen LogP contribution in [0.3, 0.4) is 0 Å². The minimum absolute atomic E-state index is 0.233. The Balaban J connectivity index is 3.10. The Labute approximate surface area is 88.6 Å². The van der Waals surface area contributed by atoms with Gasteiger partial charge in [0.05, 0.1) is 5.41 Å². The van der Waals surface area contributed by atoms with Crippen LogP contribution in [-0.2, 0) is 9.84 Å². The van der Waals surface area contributed by atoms with Gasteiger partial charge in [0, 0.05) is 6.61 Å². The topological polar surface area (TPSA) is 9.23 Å². The molecule has 14 heavy (non-hydrogen) atoms. The predicted molar refractivity (Wildman–Crippen MR) is 64.4 cm³/mol. The summed E-state index contributed by atoms with van der Waals surface area (Å²) >= 11 is 0. The lowest BCUT2D eigenvalue weighted by Crippen LogP contribution is -2.26. The maximum absolute atomic E-state index is 5.34. The minimum atomic E-state index is -0.233. The standard InChI is InChI=1S/C12H16OSi/c1-3-12(4-2,10-13-14)11-8-6-5-7-9-11/h3-9H,1-2,10H2,14H3. The van der Waals surface area contributed by atoms with Crippen LogP contribution in [0.1, 0.15) is 5.56 Å². The molecular formula is C12H16OSi. The molecule has 0 aliphatic rings. The number of hydrogen-bond acceptors (Lipinski definition) is 1. The Bertz CT molecular complexity index is 297. The third kappa shape index (κ3) is 2.03. The summed E-state index contributed by atoms with van der Waals surface area (Å²) in [7, 11) is 0.735. The first kappa shape index (κ1) is 11.0. The molecule has 0 saturated carbocycles. The van der Waals surface area contributed by atoms with Gasteiger partial charge in [0.1, 0.15) is 10.5 Å². The zero-order valence-electron chi connectivity index (χ0n) is 8.57. The first-order chi connectivity index (χ1) is 6.79. The highest BCUT2D eigenvalue weighted by atomic mass is 28.2. The van der Waals surface area contributed by atoms with E-state index in [1.54, 1.807) is 0 Å². The molecule has 1 aromatic carbocycles. The molecule has 0 unspecified atom stereocenters. The van der Waals surface area contributed by atoms with Gasteiger partial charge in [0.25, 0.3) is 0 Å². The van der Waals surface area contributed by atoms with Crippen molar-refractivity contribution in [1.82, 2.24) is 0 Å². The summed E-state index contributed by atoms with van der Waals surface area (Å²) in [5.41, 5.74) is 0.948. The first-order valence-electron chi connectivity index (χ1n) is 4.61. The second kappa shape index (κ2) is 4.93. The van der Waals surface area contributed by atoms with E-state index in [2.05, 4.69) is 25.3 Å². The van der Waals surface area contributed by atoms with Crippen molar-refractivity contribution in [3.05, 3.63) is 61.2 Å². The highest BCUT2D eigenvalue weighted by molar-refractivity contribution is 5.98. The summed E-state index contributed by atoms with van der Waals surface area (Å²) in [5, 5.41) is 0. The molecule has 0 aromatic heterocycles. The molecule has 1 nitrogen and oxygen atoms in total. The number of hydrogen-bond donors (Lipinski definition) is 0. The molecule has 1 rings (SSSR count). The van der Waals surface area contributed by atoms with Gasteiger partial charge in [-0.15, -0.1) is 13.2 Å². The van der Waals surface area contributed by atoms with Crippen LogP contribution in [0.2, 0.25) is 0 Å². The number of benzene rings is 1. The monoisotopic (exact) mass is 204 g/mol. The molecular weight excluding hydrogens is 188 g/mol. The molecule has 74 valence electrons. The quantitative estimate of drug-likeness (QED) is 0.523. The third-order valence-corrected chi connectivity index (χ3v) is 2.71. The molecule has 0 aliphatic heterocycles. The molecule has 0 saturated heterocycles. The molecule has 0 N–H and O–H groups in total. The molecule has 0 heterocycles. The maximum Gasteiger partial charge on any atom is 0.146 e. The molecule has 0 fully saturated rings. The van der Waals surface area contributed by atoms with E-state index in [0.717, 1.165) is 10.5 Å². The molecule has 0 atom stereocenters. The summed E-state index contributed by atoms with van der Waals surface area (Å²) in [6.07, 6.45) is 3.79. The van der Waals surface area contributed by atoms with Gasteiger partial charge in [-0.2, -0.15) is 0 Å². The second-order valence-corrected chi connectivity index (χ2v) is 3.83. The normalized spacial score (nSPS) is 11.1. The van der Waals surface area contributed by atoms with Gasteiger partial charge in [-0.25, -0.2) is 0 Å². The zero-order chi connectivity index (χ0) is 10.4. The van der Waals surface area contributed by atoms with Crippen LogP contribution in [0.5, 0.6) is 0 Å². The van der Waals surface area contributed by atoms with Crippen LogP contribution in [0.15, 0.2) is 55.6 Å². The second-order valence-electron chi connectivity index (χ2n) is 3.25. The Hall–Kier alpha value is -1.12. The average Bonchev–Trinajstić information content (AvgIpc) is 2.27. The highest BCUT2D eigenvalue weighted by Gasteiger charge is 2.24. The van der Waals surface area contributed by atoms with Crippen molar-refractivity contribution >= 4 is 10.5 Å². The lowest BCUT2D eigenvalue weighted by atomic mass is 9.81. The lowest BCUT2D eigenvalue weighted by molar-refractivity contribution is 0.299. The predicted octanol–water partition coefficient (Wildman–Crippen LogP) is 1.59. The van der Waals surface area contributed by atoms with E-state index < -0.39 is 0 Å². The van der Waals surface area contributed by atoms with Gasteiger partial charge in [-0.1, -0.05) is 42.5 Å².